The molecule has 58 valence electrons. The third-order valence-corrected chi connectivity index (χ3v) is 2.07. The van der Waals surface area contributed by atoms with Crippen molar-refractivity contribution in [2.45, 2.75) is 32.4 Å². The highest BCUT2D eigenvalue weighted by Crippen LogP contribution is 2.42. The van der Waals surface area contributed by atoms with Gasteiger partial charge in [-0.05, 0) is 32.6 Å². The van der Waals surface area contributed by atoms with Crippen LogP contribution in [0, 0.1) is 11.8 Å². The number of halogens is 1. The number of carbonyl (C=O) groups excluding carboxylic acids is 1. The molecule has 1 aliphatic carbocycles. The lowest BCUT2D eigenvalue weighted by Crippen LogP contribution is -2.28. The van der Waals surface area contributed by atoms with E-state index in [1.54, 1.807) is 0 Å². The summed E-state index contributed by atoms with van der Waals surface area (Å²) in [6.45, 7) is 2.95. The van der Waals surface area contributed by atoms with Crippen molar-refractivity contribution in [3.63, 3.8) is 0 Å². The summed E-state index contributed by atoms with van der Waals surface area (Å²) in [4.78, 5) is 10.4. The van der Waals surface area contributed by atoms with Gasteiger partial charge in [0.1, 0.15) is 12.0 Å². The molecule has 1 atom stereocenters. The molecule has 1 saturated carbocycles. The zero-order chi connectivity index (χ0) is 7.78. The Hall–Kier alpha value is -0.400. The number of hydrogen-bond acceptors (Lipinski definition) is 1. The second-order valence-electron chi connectivity index (χ2n) is 3.56. The fourth-order valence-electron chi connectivity index (χ4n) is 1.29. The van der Waals surface area contributed by atoms with Gasteiger partial charge < -0.3 is 4.79 Å². The van der Waals surface area contributed by atoms with Crippen molar-refractivity contribution in [3.8, 4) is 0 Å². The van der Waals surface area contributed by atoms with Gasteiger partial charge in [0.25, 0.3) is 0 Å². The van der Waals surface area contributed by atoms with Crippen LogP contribution in [-0.2, 0) is 4.79 Å². The van der Waals surface area contributed by atoms with Gasteiger partial charge in [0.15, 0.2) is 0 Å². The van der Waals surface area contributed by atoms with Crippen molar-refractivity contribution in [2.24, 2.45) is 11.8 Å². The molecule has 0 aromatic rings. The van der Waals surface area contributed by atoms with Crippen molar-refractivity contribution in [3.05, 3.63) is 0 Å². The summed E-state index contributed by atoms with van der Waals surface area (Å²) in [7, 11) is 0. The highest BCUT2D eigenvalue weighted by atomic mass is 19.1. The van der Waals surface area contributed by atoms with E-state index in [0.717, 1.165) is 19.1 Å². The standard InChI is InChI=1S/C8H13FO/c1-8(2,9)7(5-10)6-3-4-6/h5-7H,3-4H2,1-2H3. The molecule has 0 aromatic carbocycles. The predicted molar refractivity (Wildman–Crippen MR) is 37.5 cm³/mol. The monoisotopic (exact) mass is 144 g/mol. The minimum Gasteiger partial charge on any atom is -0.303 e. The van der Waals surface area contributed by atoms with Gasteiger partial charge in [-0.3, -0.25) is 0 Å². The lowest BCUT2D eigenvalue weighted by molar-refractivity contribution is -0.115. The van der Waals surface area contributed by atoms with E-state index in [2.05, 4.69) is 0 Å². The van der Waals surface area contributed by atoms with Crippen molar-refractivity contribution >= 4 is 6.29 Å². The Bertz CT molecular complexity index is 133. The maximum Gasteiger partial charge on any atom is 0.126 e. The molecule has 10 heavy (non-hydrogen) atoms. The van der Waals surface area contributed by atoms with Gasteiger partial charge in [-0.2, -0.15) is 0 Å². The van der Waals surface area contributed by atoms with Crippen LogP contribution in [0.2, 0.25) is 0 Å². The van der Waals surface area contributed by atoms with Crippen molar-refractivity contribution in [2.75, 3.05) is 0 Å². The number of hydrogen-bond donors (Lipinski definition) is 0. The molecular formula is C8H13FO. The quantitative estimate of drug-likeness (QED) is 0.553. The first-order chi connectivity index (χ1) is 4.55. The molecule has 0 saturated heterocycles. The molecule has 1 aliphatic rings. The number of alkyl halides is 1. The minimum absolute atomic E-state index is 0.331. The van der Waals surface area contributed by atoms with E-state index in [9.17, 15) is 9.18 Å². The first-order valence-corrected chi connectivity index (χ1v) is 3.70. The zero-order valence-corrected chi connectivity index (χ0v) is 6.43. The van der Waals surface area contributed by atoms with Gasteiger partial charge in [0, 0.05) is 0 Å². The minimum atomic E-state index is -1.32. The molecule has 0 spiro atoms. The van der Waals surface area contributed by atoms with E-state index in [-0.39, 0.29) is 5.92 Å². The van der Waals surface area contributed by atoms with Gasteiger partial charge >= 0.3 is 0 Å². The van der Waals surface area contributed by atoms with Crippen molar-refractivity contribution < 1.29 is 9.18 Å². The third-order valence-electron chi connectivity index (χ3n) is 2.07. The summed E-state index contributed by atoms with van der Waals surface area (Å²) in [5.41, 5.74) is -1.32. The van der Waals surface area contributed by atoms with Gasteiger partial charge in [0.05, 0.1) is 5.92 Å². The van der Waals surface area contributed by atoms with Crippen LogP contribution in [0.3, 0.4) is 0 Å². The Morgan fingerprint density at radius 3 is 2.20 bits per heavy atom. The Balaban J connectivity index is 2.54. The Labute approximate surface area is 60.6 Å². The zero-order valence-electron chi connectivity index (χ0n) is 6.43. The smallest absolute Gasteiger partial charge is 0.126 e. The first kappa shape index (κ1) is 7.70. The largest absolute Gasteiger partial charge is 0.303 e. The molecule has 2 heteroatoms. The summed E-state index contributed by atoms with van der Waals surface area (Å²) in [5.74, 6) is -0.0370. The first-order valence-electron chi connectivity index (χ1n) is 3.70. The molecule has 0 aromatic heterocycles. The summed E-state index contributed by atoms with van der Waals surface area (Å²) in [6, 6.07) is 0. The average molecular weight is 144 g/mol. The Morgan fingerprint density at radius 1 is 1.60 bits per heavy atom. The molecule has 0 heterocycles. The van der Waals surface area contributed by atoms with E-state index in [1.807, 2.05) is 0 Å². The van der Waals surface area contributed by atoms with Gasteiger partial charge in [0.2, 0.25) is 0 Å². The van der Waals surface area contributed by atoms with Gasteiger partial charge in [-0.25, -0.2) is 4.39 Å². The van der Waals surface area contributed by atoms with Crippen LogP contribution in [0.5, 0.6) is 0 Å². The van der Waals surface area contributed by atoms with Crippen LogP contribution in [0.4, 0.5) is 4.39 Å². The van der Waals surface area contributed by atoms with Gasteiger partial charge in [-0.1, -0.05) is 0 Å². The number of rotatable bonds is 3. The van der Waals surface area contributed by atoms with E-state index in [1.165, 1.54) is 13.8 Å². The Kier molecular flexibility index (Phi) is 1.80. The van der Waals surface area contributed by atoms with Crippen LogP contribution >= 0.6 is 0 Å². The van der Waals surface area contributed by atoms with E-state index < -0.39 is 5.67 Å². The van der Waals surface area contributed by atoms with Crippen LogP contribution in [0.1, 0.15) is 26.7 Å². The van der Waals surface area contributed by atoms with Crippen molar-refractivity contribution in [1.82, 2.24) is 0 Å². The van der Waals surface area contributed by atoms with Crippen LogP contribution in [0.25, 0.3) is 0 Å². The second kappa shape index (κ2) is 2.33. The summed E-state index contributed by atoms with van der Waals surface area (Å²) < 4.78 is 13.1. The van der Waals surface area contributed by atoms with E-state index in [4.69, 9.17) is 0 Å². The maximum absolute atomic E-state index is 13.1. The summed E-state index contributed by atoms with van der Waals surface area (Å²) >= 11 is 0. The Morgan fingerprint density at radius 2 is 2.10 bits per heavy atom. The average Bonchev–Trinajstić information content (AvgIpc) is 2.46. The summed E-state index contributed by atoms with van der Waals surface area (Å²) in [6.07, 6.45) is 2.81. The summed E-state index contributed by atoms with van der Waals surface area (Å²) in [5, 5.41) is 0. The molecule has 0 amide bonds. The molecule has 1 nitrogen and oxygen atoms in total. The van der Waals surface area contributed by atoms with Crippen LogP contribution in [0.15, 0.2) is 0 Å². The molecule has 0 aliphatic heterocycles. The molecule has 1 fully saturated rings. The molecule has 0 bridgehead atoms. The number of carbonyl (C=O) groups is 1. The van der Waals surface area contributed by atoms with Crippen LogP contribution in [-0.4, -0.2) is 12.0 Å². The SMILES string of the molecule is CC(C)(F)C(C=O)C1CC1. The molecular weight excluding hydrogens is 131 g/mol. The fourth-order valence-corrected chi connectivity index (χ4v) is 1.29. The van der Waals surface area contributed by atoms with Crippen molar-refractivity contribution in [1.29, 1.82) is 0 Å². The molecule has 0 N–H and O–H groups in total. The third kappa shape index (κ3) is 1.55. The molecule has 1 unspecified atom stereocenters. The highest BCUT2D eigenvalue weighted by molar-refractivity contribution is 5.56. The molecule has 0 radical (unpaired) electrons. The lowest BCUT2D eigenvalue weighted by Gasteiger charge is -2.20. The normalized spacial score (nSPS) is 22.3. The van der Waals surface area contributed by atoms with E-state index >= 15 is 0 Å². The fraction of sp³-hybridized carbons (Fsp3) is 0.875. The second-order valence-corrected chi connectivity index (χ2v) is 3.56. The molecule has 1 rings (SSSR count). The lowest BCUT2D eigenvalue weighted by atomic mass is 9.90. The predicted octanol–water partition coefficient (Wildman–Crippen LogP) is 1.96. The van der Waals surface area contributed by atoms with Crippen LogP contribution < -0.4 is 0 Å². The van der Waals surface area contributed by atoms with Gasteiger partial charge in [-0.15, -0.1) is 0 Å². The van der Waals surface area contributed by atoms with E-state index in [0.29, 0.717) is 5.92 Å². The maximum atomic E-state index is 13.1. The highest BCUT2D eigenvalue weighted by Gasteiger charge is 2.41. The topological polar surface area (TPSA) is 17.1 Å². The number of aldehydes is 1.